The van der Waals surface area contributed by atoms with Gasteiger partial charge in [0.05, 0.1) is 19.6 Å². The number of carbonyl (C=O) groups excluding carboxylic acids is 1. The zero-order chi connectivity index (χ0) is 15.2. The molecule has 0 bridgehead atoms. The number of amides is 1. The van der Waals surface area contributed by atoms with E-state index in [0.29, 0.717) is 35.7 Å². The number of furan rings is 1. The Hall–Kier alpha value is -1.95. The van der Waals surface area contributed by atoms with Gasteiger partial charge in [-0.2, -0.15) is 0 Å². The molecule has 1 aromatic heterocycles. The molecule has 0 fully saturated rings. The van der Waals surface area contributed by atoms with Crippen LogP contribution in [0.4, 0.5) is 5.69 Å². The van der Waals surface area contributed by atoms with Gasteiger partial charge in [-0.3, -0.25) is 4.79 Å². The second-order valence-electron chi connectivity index (χ2n) is 4.63. The predicted octanol–water partition coefficient (Wildman–Crippen LogP) is 3.05. The minimum atomic E-state index is -0.00794. The topological polar surface area (TPSA) is 68.7 Å². The Morgan fingerprint density at radius 2 is 2.19 bits per heavy atom. The normalized spacial score (nSPS) is 10.4. The Morgan fingerprint density at radius 3 is 2.86 bits per heavy atom. The SMILES string of the molecule is CN(Cc1ccc(Br)o1)C(=O)CCOc1cccc(N)c1. The van der Waals surface area contributed by atoms with Crippen LogP contribution in [0.15, 0.2) is 45.5 Å². The van der Waals surface area contributed by atoms with Crippen LogP contribution in [0.2, 0.25) is 0 Å². The smallest absolute Gasteiger partial charge is 0.226 e. The highest BCUT2D eigenvalue weighted by atomic mass is 79.9. The van der Waals surface area contributed by atoms with Crippen molar-refractivity contribution >= 4 is 27.5 Å². The third kappa shape index (κ3) is 4.82. The number of anilines is 1. The number of nitrogen functional groups attached to an aromatic ring is 1. The summed E-state index contributed by atoms with van der Waals surface area (Å²) < 4.78 is 11.5. The fourth-order valence-corrected chi connectivity index (χ4v) is 2.15. The van der Waals surface area contributed by atoms with E-state index < -0.39 is 0 Å². The Bertz CT molecular complexity index is 612. The van der Waals surface area contributed by atoms with Crippen LogP contribution in [0.3, 0.4) is 0 Å². The van der Waals surface area contributed by atoms with Crippen LogP contribution in [0.5, 0.6) is 5.75 Å². The van der Waals surface area contributed by atoms with Crippen LogP contribution in [0, 0.1) is 0 Å². The first kappa shape index (κ1) is 15.4. The molecule has 0 unspecified atom stereocenters. The molecule has 1 aromatic carbocycles. The fraction of sp³-hybridized carbons (Fsp3) is 0.267. The summed E-state index contributed by atoms with van der Waals surface area (Å²) in [4.78, 5) is 13.6. The second kappa shape index (κ2) is 7.17. The van der Waals surface area contributed by atoms with E-state index in [9.17, 15) is 4.79 Å². The van der Waals surface area contributed by atoms with Gasteiger partial charge in [-0.05, 0) is 40.2 Å². The lowest BCUT2D eigenvalue weighted by atomic mass is 10.3. The standard InChI is InChI=1S/C15H17BrN2O3/c1-18(10-13-5-6-14(16)21-13)15(19)7-8-20-12-4-2-3-11(17)9-12/h2-6,9H,7-8,10,17H2,1H3. The minimum absolute atomic E-state index is 0.00794. The molecule has 112 valence electrons. The Kier molecular flexibility index (Phi) is 5.27. The van der Waals surface area contributed by atoms with Gasteiger partial charge < -0.3 is 19.8 Å². The average molecular weight is 353 g/mol. The maximum absolute atomic E-state index is 12.0. The number of nitrogens with zero attached hydrogens (tertiary/aromatic N) is 1. The largest absolute Gasteiger partial charge is 0.493 e. The molecule has 0 atom stereocenters. The quantitative estimate of drug-likeness (QED) is 0.811. The highest BCUT2D eigenvalue weighted by Crippen LogP contribution is 2.16. The van der Waals surface area contributed by atoms with Crippen LogP contribution in [0.25, 0.3) is 0 Å². The van der Waals surface area contributed by atoms with Crippen molar-refractivity contribution in [2.45, 2.75) is 13.0 Å². The number of hydrogen-bond donors (Lipinski definition) is 1. The maximum Gasteiger partial charge on any atom is 0.226 e. The summed E-state index contributed by atoms with van der Waals surface area (Å²) in [5.74, 6) is 1.39. The van der Waals surface area contributed by atoms with E-state index in [4.69, 9.17) is 14.9 Å². The summed E-state index contributed by atoms with van der Waals surface area (Å²) >= 11 is 3.23. The van der Waals surface area contributed by atoms with Gasteiger partial charge in [0, 0.05) is 18.8 Å². The molecular weight excluding hydrogens is 336 g/mol. The summed E-state index contributed by atoms with van der Waals surface area (Å²) in [5, 5.41) is 0. The molecule has 0 spiro atoms. The summed E-state index contributed by atoms with van der Waals surface area (Å²) in [6.45, 7) is 0.747. The minimum Gasteiger partial charge on any atom is -0.493 e. The molecule has 0 aliphatic carbocycles. The first-order chi connectivity index (χ1) is 10.0. The molecule has 21 heavy (non-hydrogen) atoms. The van der Waals surface area contributed by atoms with Crippen molar-refractivity contribution in [3.8, 4) is 5.75 Å². The summed E-state index contributed by atoms with van der Waals surface area (Å²) in [7, 11) is 1.74. The zero-order valence-electron chi connectivity index (χ0n) is 11.7. The molecule has 1 amide bonds. The van der Waals surface area contributed by atoms with Crippen molar-refractivity contribution in [1.29, 1.82) is 0 Å². The van der Waals surface area contributed by atoms with Gasteiger partial charge in [-0.1, -0.05) is 6.07 Å². The number of nitrogens with two attached hydrogens (primary N) is 1. The van der Waals surface area contributed by atoms with Crippen LogP contribution in [-0.2, 0) is 11.3 Å². The lowest BCUT2D eigenvalue weighted by molar-refractivity contribution is -0.131. The lowest BCUT2D eigenvalue weighted by Gasteiger charge is -2.16. The number of rotatable bonds is 6. The molecule has 1 heterocycles. The van der Waals surface area contributed by atoms with E-state index in [1.165, 1.54) is 0 Å². The van der Waals surface area contributed by atoms with Gasteiger partial charge >= 0.3 is 0 Å². The van der Waals surface area contributed by atoms with E-state index >= 15 is 0 Å². The summed E-state index contributed by atoms with van der Waals surface area (Å²) in [6.07, 6.45) is 0.299. The molecule has 5 nitrogen and oxygen atoms in total. The van der Waals surface area contributed by atoms with E-state index in [1.807, 2.05) is 18.2 Å². The van der Waals surface area contributed by atoms with E-state index in [-0.39, 0.29) is 5.91 Å². The number of carbonyl (C=O) groups is 1. The van der Waals surface area contributed by atoms with Crippen molar-refractivity contribution in [3.63, 3.8) is 0 Å². The Morgan fingerprint density at radius 1 is 1.38 bits per heavy atom. The molecule has 2 aromatic rings. The van der Waals surface area contributed by atoms with Crippen molar-refractivity contribution in [2.75, 3.05) is 19.4 Å². The van der Waals surface area contributed by atoms with Gasteiger partial charge in [-0.25, -0.2) is 0 Å². The molecule has 2 rings (SSSR count). The number of hydrogen-bond acceptors (Lipinski definition) is 4. The first-order valence-corrected chi connectivity index (χ1v) is 7.30. The number of ether oxygens (including phenoxy) is 1. The third-order valence-corrected chi connectivity index (χ3v) is 3.32. The maximum atomic E-state index is 12.0. The van der Waals surface area contributed by atoms with Gasteiger partial charge in [-0.15, -0.1) is 0 Å². The number of halogens is 1. The van der Waals surface area contributed by atoms with Crippen LogP contribution in [0.1, 0.15) is 12.2 Å². The summed E-state index contributed by atoms with van der Waals surface area (Å²) in [5.41, 5.74) is 6.30. The van der Waals surface area contributed by atoms with Crippen LogP contribution in [-0.4, -0.2) is 24.5 Å². The molecule has 0 radical (unpaired) electrons. The van der Waals surface area contributed by atoms with E-state index in [2.05, 4.69) is 15.9 Å². The van der Waals surface area contributed by atoms with Crippen molar-refractivity contribution in [3.05, 3.63) is 46.8 Å². The Labute approximate surface area is 131 Å². The van der Waals surface area contributed by atoms with Crippen molar-refractivity contribution < 1.29 is 13.9 Å². The van der Waals surface area contributed by atoms with E-state index in [1.54, 1.807) is 30.1 Å². The third-order valence-electron chi connectivity index (χ3n) is 2.89. The lowest BCUT2D eigenvalue weighted by Crippen LogP contribution is -2.27. The molecule has 0 aliphatic rings. The average Bonchev–Trinajstić information content (AvgIpc) is 2.84. The highest BCUT2D eigenvalue weighted by molar-refractivity contribution is 9.10. The zero-order valence-corrected chi connectivity index (χ0v) is 13.3. The second-order valence-corrected chi connectivity index (χ2v) is 5.41. The van der Waals surface area contributed by atoms with Gasteiger partial charge in [0.2, 0.25) is 5.91 Å². The van der Waals surface area contributed by atoms with Gasteiger partial charge in [0.25, 0.3) is 0 Å². The van der Waals surface area contributed by atoms with Gasteiger partial charge in [0.15, 0.2) is 4.67 Å². The molecule has 6 heteroatoms. The molecule has 0 aliphatic heterocycles. The first-order valence-electron chi connectivity index (χ1n) is 6.51. The monoisotopic (exact) mass is 352 g/mol. The predicted molar refractivity (Wildman–Crippen MR) is 83.8 cm³/mol. The molecule has 2 N–H and O–H groups in total. The van der Waals surface area contributed by atoms with Crippen molar-refractivity contribution in [2.24, 2.45) is 0 Å². The van der Waals surface area contributed by atoms with Crippen LogP contribution >= 0.6 is 15.9 Å². The Balaban J connectivity index is 1.76. The van der Waals surface area contributed by atoms with Crippen molar-refractivity contribution in [1.82, 2.24) is 4.90 Å². The van der Waals surface area contributed by atoms with Gasteiger partial charge in [0.1, 0.15) is 11.5 Å². The molecular formula is C15H17BrN2O3. The fourth-order valence-electron chi connectivity index (χ4n) is 1.81. The summed E-state index contributed by atoms with van der Waals surface area (Å²) in [6, 6.07) is 10.8. The van der Waals surface area contributed by atoms with E-state index in [0.717, 1.165) is 5.76 Å². The van der Waals surface area contributed by atoms with Crippen LogP contribution < -0.4 is 10.5 Å². The molecule has 0 saturated heterocycles. The number of benzene rings is 1. The highest BCUT2D eigenvalue weighted by Gasteiger charge is 2.11. The molecule has 0 saturated carbocycles.